The summed E-state index contributed by atoms with van der Waals surface area (Å²) in [5.74, 6) is 0. The van der Waals surface area contributed by atoms with E-state index in [-0.39, 0.29) is 25.3 Å². The molecule has 0 N–H and O–H groups in total. The quantitative estimate of drug-likeness (QED) is 0.417. The smallest absolute Gasteiger partial charge is 0.845 e. The fourth-order valence-electron chi connectivity index (χ4n) is 1.04. The van der Waals surface area contributed by atoms with Crippen molar-refractivity contribution in [2.45, 2.75) is 24.9 Å². The zero-order valence-corrected chi connectivity index (χ0v) is 7.19. The van der Waals surface area contributed by atoms with Gasteiger partial charge in [-0.25, -0.2) is 0 Å². The third-order valence-corrected chi connectivity index (χ3v) is 2.17. The van der Waals surface area contributed by atoms with Crippen molar-refractivity contribution in [3.8, 4) is 6.07 Å². The maximum absolute atomic E-state index is 11.4. The molecule has 1 aliphatic carbocycles. The number of nitriles is 1. The first-order valence-corrected chi connectivity index (χ1v) is 3.50. The van der Waals surface area contributed by atoms with E-state index in [1.165, 1.54) is 0 Å². The van der Waals surface area contributed by atoms with Crippen molar-refractivity contribution < 1.29 is 24.0 Å². The van der Waals surface area contributed by atoms with Crippen molar-refractivity contribution in [2.75, 3.05) is 0 Å². The molecule has 0 saturated carbocycles. The van der Waals surface area contributed by atoms with Crippen LogP contribution in [0.3, 0.4) is 0 Å². The van der Waals surface area contributed by atoms with Gasteiger partial charge in [0.15, 0.2) is 0 Å². The van der Waals surface area contributed by atoms with Gasteiger partial charge in [-0.05, 0) is 6.42 Å². The second-order valence-corrected chi connectivity index (χ2v) is 2.83. The Morgan fingerprint density at radius 1 is 1.82 bits per heavy atom. The van der Waals surface area contributed by atoms with Crippen molar-refractivity contribution >= 4 is 11.6 Å². The minimum absolute atomic E-state index is 0. The number of hydrogen-bond donors (Lipinski definition) is 0. The van der Waals surface area contributed by atoms with E-state index in [1.54, 1.807) is 6.08 Å². The van der Waals surface area contributed by atoms with Gasteiger partial charge in [0, 0.05) is 11.5 Å². The zero-order valence-electron chi connectivity index (χ0n) is 6.43. The van der Waals surface area contributed by atoms with Crippen LogP contribution in [0.15, 0.2) is 11.1 Å². The van der Waals surface area contributed by atoms with E-state index in [0.717, 1.165) is 0 Å². The van der Waals surface area contributed by atoms with Gasteiger partial charge in [0.1, 0.15) is 0 Å². The third kappa shape index (κ3) is 2.25. The molecular formula is C7H7ClLiNO. The molecule has 1 atom stereocenters. The van der Waals surface area contributed by atoms with Crippen molar-refractivity contribution in [1.82, 2.24) is 0 Å². The summed E-state index contributed by atoms with van der Waals surface area (Å²) in [6.45, 7) is 0. The predicted octanol–water partition coefficient (Wildman–Crippen LogP) is -2.08. The molecule has 2 nitrogen and oxygen atoms in total. The monoisotopic (exact) mass is 163 g/mol. The first-order chi connectivity index (χ1) is 4.69. The van der Waals surface area contributed by atoms with Crippen LogP contribution in [0, 0.1) is 11.3 Å². The molecule has 1 aliphatic rings. The van der Waals surface area contributed by atoms with E-state index >= 15 is 0 Å². The average Bonchev–Trinajstić information content (AvgIpc) is 2.15. The second kappa shape index (κ2) is 4.19. The van der Waals surface area contributed by atoms with Crippen molar-refractivity contribution in [1.29, 1.82) is 5.26 Å². The normalized spacial score (nSPS) is 28.6. The van der Waals surface area contributed by atoms with E-state index in [2.05, 4.69) is 0 Å². The molecule has 0 aromatic heterocycles. The second-order valence-electron chi connectivity index (χ2n) is 2.42. The molecule has 0 aliphatic heterocycles. The standard InChI is InChI=1S/C7H7ClNO.Li/c8-6-2-1-3-7(6,10)4-5-9;/h2H,1,3-4H2;/q-1;+1. The molecule has 0 heterocycles. The van der Waals surface area contributed by atoms with Gasteiger partial charge in [-0.1, -0.05) is 29.7 Å². The van der Waals surface area contributed by atoms with E-state index in [9.17, 15) is 5.11 Å². The number of allylic oxidation sites excluding steroid dienone is 1. The Kier molecular flexibility index (Phi) is 4.22. The predicted molar refractivity (Wildman–Crippen MR) is 36.1 cm³/mol. The van der Waals surface area contributed by atoms with Gasteiger partial charge in [0.2, 0.25) is 0 Å². The average molecular weight is 164 g/mol. The summed E-state index contributed by atoms with van der Waals surface area (Å²) in [7, 11) is 0. The first kappa shape index (κ1) is 11.1. The van der Waals surface area contributed by atoms with Crippen LogP contribution in [0.1, 0.15) is 19.3 Å². The molecule has 54 valence electrons. The Labute approximate surface area is 83.0 Å². The van der Waals surface area contributed by atoms with Gasteiger partial charge in [-0.3, -0.25) is 0 Å². The van der Waals surface area contributed by atoms with Crippen LogP contribution in [0.5, 0.6) is 0 Å². The minimum Gasteiger partial charge on any atom is -0.845 e. The van der Waals surface area contributed by atoms with Crippen LogP contribution < -0.4 is 24.0 Å². The number of halogens is 1. The summed E-state index contributed by atoms with van der Waals surface area (Å²) in [4.78, 5) is 0. The van der Waals surface area contributed by atoms with E-state index in [0.29, 0.717) is 17.9 Å². The fourth-order valence-corrected chi connectivity index (χ4v) is 1.31. The van der Waals surface area contributed by atoms with Gasteiger partial charge in [-0.15, -0.1) is 0 Å². The molecule has 0 aromatic carbocycles. The van der Waals surface area contributed by atoms with Crippen LogP contribution >= 0.6 is 11.6 Å². The van der Waals surface area contributed by atoms with E-state index in [4.69, 9.17) is 16.9 Å². The molecule has 11 heavy (non-hydrogen) atoms. The molecule has 0 aromatic rings. The summed E-state index contributed by atoms with van der Waals surface area (Å²) in [5.41, 5.74) is -1.28. The van der Waals surface area contributed by atoms with Gasteiger partial charge >= 0.3 is 18.9 Å². The Bertz CT molecular complexity index is 211. The molecule has 1 unspecified atom stereocenters. The van der Waals surface area contributed by atoms with Gasteiger partial charge in [0.25, 0.3) is 0 Å². The Morgan fingerprint density at radius 3 is 2.82 bits per heavy atom. The van der Waals surface area contributed by atoms with Gasteiger partial charge in [-0.2, -0.15) is 5.26 Å². The summed E-state index contributed by atoms with van der Waals surface area (Å²) in [6.07, 6.45) is 2.87. The summed E-state index contributed by atoms with van der Waals surface area (Å²) >= 11 is 5.60. The molecule has 0 saturated heterocycles. The van der Waals surface area contributed by atoms with Crippen LogP contribution in [-0.4, -0.2) is 5.60 Å². The number of hydrogen-bond acceptors (Lipinski definition) is 2. The summed E-state index contributed by atoms with van der Waals surface area (Å²) < 4.78 is 0. The minimum atomic E-state index is -1.28. The van der Waals surface area contributed by atoms with Crippen LogP contribution in [0.4, 0.5) is 0 Å². The Hall–Kier alpha value is 0.0774. The van der Waals surface area contributed by atoms with Crippen molar-refractivity contribution in [2.24, 2.45) is 0 Å². The maximum atomic E-state index is 11.4. The maximum Gasteiger partial charge on any atom is 1.00 e. The summed E-state index contributed by atoms with van der Waals surface area (Å²) in [5, 5.41) is 20.0. The number of rotatable bonds is 1. The van der Waals surface area contributed by atoms with Crippen LogP contribution in [0.25, 0.3) is 0 Å². The molecule has 4 heteroatoms. The Morgan fingerprint density at radius 2 is 2.45 bits per heavy atom. The molecule has 1 rings (SSSR count). The first-order valence-electron chi connectivity index (χ1n) is 3.12. The molecule has 0 fully saturated rings. The zero-order chi connectivity index (χ0) is 7.61. The Balaban J connectivity index is 0.000001000. The topological polar surface area (TPSA) is 46.8 Å². The van der Waals surface area contributed by atoms with E-state index in [1.807, 2.05) is 6.07 Å². The largest absolute Gasteiger partial charge is 1.00 e. The van der Waals surface area contributed by atoms with E-state index < -0.39 is 5.60 Å². The molecule has 0 radical (unpaired) electrons. The fraction of sp³-hybridized carbons (Fsp3) is 0.571. The summed E-state index contributed by atoms with van der Waals surface area (Å²) in [6, 6.07) is 1.84. The molecule has 0 spiro atoms. The molecule has 0 bridgehead atoms. The van der Waals surface area contributed by atoms with Crippen LogP contribution in [-0.2, 0) is 0 Å². The van der Waals surface area contributed by atoms with Crippen molar-refractivity contribution in [3.05, 3.63) is 11.1 Å². The third-order valence-electron chi connectivity index (χ3n) is 1.67. The van der Waals surface area contributed by atoms with Crippen LogP contribution in [0.2, 0.25) is 0 Å². The van der Waals surface area contributed by atoms with Gasteiger partial charge < -0.3 is 5.11 Å². The molecule has 0 amide bonds. The SMILES string of the molecule is N#CCC1([O-])CCC=C1Cl.[Li+]. The molecular weight excluding hydrogens is 156 g/mol. The number of nitrogens with zero attached hydrogens (tertiary/aromatic N) is 1. The van der Waals surface area contributed by atoms with Gasteiger partial charge in [0.05, 0.1) is 6.07 Å². The van der Waals surface area contributed by atoms with Crippen molar-refractivity contribution in [3.63, 3.8) is 0 Å².